The number of aromatic nitrogens is 2. The summed E-state index contributed by atoms with van der Waals surface area (Å²) in [6.45, 7) is 0.889. The van der Waals surface area contributed by atoms with Gasteiger partial charge in [-0.1, -0.05) is 36.4 Å². The van der Waals surface area contributed by atoms with Gasteiger partial charge >= 0.3 is 0 Å². The van der Waals surface area contributed by atoms with Gasteiger partial charge in [0, 0.05) is 17.5 Å². The van der Waals surface area contributed by atoms with Crippen LogP contribution in [-0.2, 0) is 4.74 Å². The van der Waals surface area contributed by atoms with Gasteiger partial charge in [0.1, 0.15) is 11.9 Å². The van der Waals surface area contributed by atoms with Crippen molar-refractivity contribution in [3.63, 3.8) is 0 Å². The number of carbonyl (C=O) groups excluding carboxylic acids is 1. The predicted molar refractivity (Wildman–Crippen MR) is 93.4 cm³/mol. The minimum absolute atomic E-state index is 0.175. The third-order valence-electron chi connectivity index (χ3n) is 4.50. The Hall–Kier alpha value is -3.06. The van der Waals surface area contributed by atoms with Crippen LogP contribution in [0.5, 0.6) is 0 Å². The van der Waals surface area contributed by atoms with Crippen LogP contribution in [0.4, 0.5) is 4.39 Å². The Morgan fingerprint density at radius 3 is 2.69 bits per heavy atom. The minimum Gasteiger partial charge on any atom is -0.370 e. The van der Waals surface area contributed by atoms with E-state index in [1.807, 2.05) is 0 Å². The van der Waals surface area contributed by atoms with E-state index >= 15 is 0 Å². The molecular formula is C19H16FN3O3. The lowest BCUT2D eigenvalue weighted by Gasteiger charge is -2.33. The van der Waals surface area contributed by atoms with E-state index in [-0.39, 0.29) is 29.5 Å². The highest BCUT2D eigenvalue weighted by molar-refractivity contribution is 6.04. The van der Waals surface area contributed by atoms with E-state index < -0.39 is 6.10 Å². The molecule has 0 spiro atoms. The lowest BCUT2D eigenvalue weighted by molar-refractivity contribution is -0.0244. The van der Waals surface area contributed by atoms with Crippen molar-refractivity contribution in [2.75, 3.05) is 19.7 Å². The molecule has 1 N–H and O–H groups in total. The molecule has 26 heavy (non-hydrogen) atoms. The Morgan fingerprint density at radius 1 is 1.15 bits per heavy atom. The van der Waals surface area contributed by atoms with Crippen LogP contribution in [-0.4, -0.2) is 40.7 Å². The number of nitrogens with zero attached hydrogens (tertiary/aromatic N) is 2. The van der Waals surface area contributed by atoms with Gasteiger partial charge in [0.05, 0.1) is 18.5 Å². The Morgan fingerprint density at radius 2 is 1.88 bits per heavy atom. The largest absolute Gasteiger partial charge is 0.370 e. The van der Waals surface area contributed by atoms with Gasteiger partial charge in [-0.2, -0.15) is 5.10 Å². The van der Waals surface area contributed by atoms with Crippen molar-refractivity contribution in [1.29, 1.82) is 0 Å². The number of nitrogens with one attached hydrogen (secondary N) is 1. The summed E-state index contributed by atoms with van der Waals surface area (Å²) in [6.07, 6.45) is -0.539. The molecule has 1 aliphatic heterocycles. The lowest BCUT2D eigenvalue weighted by atomic mass is 10.1. The molecule has 6 nitrogen and oxygen atoms in total. The number of amides is 1. The van der Waals surface area contributed by atoms with Gasteiger partial charge in [0.25, 0.3) is 11.5 Å². The molecule has 3 aromatic rings. The molecule has 1 aliphatic rings. The lowest BCUT2D eigenvalue weighted by Crippen LogP contribution is -2.43. The second-order valence-electron chi connectivity index (χ2n) is 6.08. The summed E-state index contributed by atoms with van der Waals surface area (Å²) in [5.41, 5.74) is 0.252. The van der Waals surface area contributed by atoms with Crippen LogP contribution in [0, 0.1) is 5.82 Å². The molecule has 7 heteroatoms. The summed E-state index contributed by atoms with van der Waals surface area (Å²) >= 11 is 0. The molecule has 1 aromatic heterocycles. The van der Waals surface area contributed by atoms with E-state index in [1.165, 1.54) is 6.07 Å². The fourth-order valence-corrected chi connectivity index (χ4v) is 3.19. The van der Waals surface area contributed by atoms with Crippen molar-refractivity contribution in [3.8, 4) is 0 Å². The fourth-order valence-electron chi connectivity index (χ4n) is 3.19. The number of hydrogen-bond donors (Lipinski definition) is 1. The Bertz CT molecular complexity index is 1030. The molecule has 0 saturated carbocycles. The van der Waals surface area contributed by atoms with E-state index in [4.69, 9.17) is 4.74 Å². The quantitative estimate of drug-likeness (QED) is 0.767. The van der Waals surface area contributed by atoms with Crippen molar-refractivity contribution in [3.05, 3.63) is 76.0 Å². The van der Waals surface area contributed by atoms with Crippen LogP contribution in [0.1, 0.15) is 22.2 Å². The van der Waals surface area contributed by atoms with Gasteiger partial charge in [-0.3, -0.25) is 9.59 Å². The van der Waals surface area contributed by atoms with Crippen LogP contribution in [0.3, 0.4) is 0 Å². The molecule has 1 saturated heterocycles. The average Bonchev–Trinajstić information content (AvgIpc) is 2.68. The molecule has 1 atom stereocenters. The summed E-state index contributed by atoms with van der Waals surface area (Å²) in [4.78, 5) is 26.5. The number of aromatic amines is 1. The van der Waals surface area contributed by atoms with E-state index in [0.29, 0.717) is 29.5 Å². The minimum atomic E-state index is -0.539. The predicted octanol–water partition coefficient (Wildman–Crippen LogP) is 2.28. The second kappa shape index (κ2) is 6.68. The number of morpholine rings is 1. The van der Waals surface area contributed by atoms with Crippen molar-refractivity contribution < 1.29 is 13.9 Å². The molecule has 0 bridgehead atoms. The standard InChI is InChI=1S/C19H16FN3O3/c20-15-8-4-3-7-14(15)16-11-23(9-10-26-16)19(25)17-12-5-1-2-6-13(12)18(24)22-21-17/h1-8,16H,9-11H2,(H,22,24). The monoisotopic (exact) mass is 353 g/mol. The molecule has 132 valence electrons. The smallest absolute Gasteiger partial charge is 0.275 e. The van der Waals surface area contributed by atoms with Gasteiger partial charge < -0.3 is 9.64 Å². The number of H-pyrrole nitrogens is 1. The average molecular weight is 353 g/mol. The van der Waals surface area contributed by atoms with Gasteiger partial charge in [-0.25, -0.2) is 9.49 Å². The van der Waals surface area contributed by atoms with Crippen molar-refractivity contribution in [2.24, 2.45) is 0 Å². The second-order valence-corrected chi connectivity index (χ2v) is 6.08. The van der Waals surface area contributed by atoms with Crippen molar-refractivity contribution in [2.45, 2.75) is 6.10 Å². The summed E-state index contributed by atoms with van der Waals surface area (Å²) in [5, 5.41) is 7.23. The maximum Gasteiger partial charge on any atom is 0.275 e. The molecule has 2 heterocycles. The van der Waals surface area contributed by atoms with E-state index in [2.05, 4.69) is 10.2 Å². The SMILES string of the molecule is O=C(c1n[nH]c(=O)c2ccccc12)N1CCOC(c2ccccc2F)C1. The van der Waals surface area contributed by atoms with Gasteiger partial charge in [0.2, 0.25) is 0 Å². The molecular weight excluding hydrogens is 337 g/mol. The summed E-state index contributed by atoms with van der Waals surface area (Å²) < 4.78 is 19.7. The van der Waals surface area contributed by atoms with Crippen LogP contribution >= 0.6 is 0 Å². The summed E-state index contributed by atoms with van der Waals surface area (Å²) in [7, 11) is 0. The zero-order valence-corrected chi connectivity index (χ0v) is 13.8. The molecule has 1 unspecified atom stereocenters. The summed E-state index contributed by atoms with van der Waals surface area (Å²) in [6, 6.07) is 13.2. The van der Waals surface area contributed by atoms with Crippen molar-refractivity contribution >= 4 is 16.7 Å². The van der Waals surface area contributed by atoms with Crippen LogP contribution in [0.2, 0.25) is 0 Å². The zero-order valence-electron chi connectivity index (χ0n) is 13.8. The number of halogens is 1. The normalized spacial score (nSPS) is 17.4. The molecule has 0 radical (unpaired) electrons. The number of carbonyl (C=O) groups is 1. The maximum atomic E-state index is 14.0. The Labute approximate surface area is 148 Å². The molecule has 4 rings (SSSR count). The van der Waals surface area contributed by atoms with Gasteiger partial charge in [-0.15, -0.1) is 0 Å². The first kappa shape index (κ1) is 16.4. The number of fused-ring (bicyclic) bond motifs is 1. The number of benzene rings is 2. The topological polar surface area (TPSA) is 75.3 Å². The third-order valence-corrected chi connectivity index (χ3v) is 4.50. The van der Waals surface area contributed by atoms with E-state index in [1.54, 1.807) is 47.4 Å². The highest BCUT2D eigenvalue weighted by atomic mass is 19.1. The number of ether oxygens (including phenoxy) is 1. The highest BCUT2D eigenvalue weighted by Gasteiger charge is 2.29. The Balaban J connectivity index is 1.66. The third kappa shape index (κ3) is 2.86. The van der Waals surface area contributed by atoms with Gasteiger partial charge in [0.15, 0.2) is 5.69 Å². The van der Waals surface area contributed by atoms with Crippen LogP contribution in [0.15, 0.2) is 53.3 Å². The zero-order chi connectivity index (χ0) is 18.1. The highest BCUT2D eigenvalue weighted by Crippen LogP contribution is 2.26. The first-order valence-electron chi connectivity index (χ1n) is 8.28. The molecule has 2 aromatic carbocycles. The molecule has 1 amide bonds. The summed E-state index contributed by atoms with van der Waals surface area (Å²) in [5.74, 6) is -0.679. The first-order chi connectivity index (χ1) is 12.6. The Kier molecular flexibility index (Phi) is 4.22. The number of hydrogen-bond acceptors (Lipinski definition) is 4. The van der Waals surface area contributed by atoms with Crippen LogP contribution < -0.4 is 5.56 Å². The maximum absolute atomic E-state index is 14.0. The first-order valence-corrected chi connectivity index (χ1v) is 8.28. The van der Waals surface area contributed by atoms with Crippen molar-refractivity contribution in [1.82, 2.24) is 15.1 Å². The van der Waals surface area contributed by atoms with E-state index in [9.17, 15) is 14.0 Å². The van der Waals surface area contributed by atoms with Crippen LogP contribution in [0.25, 0.3) is 10.8 Å². The van der Waals surface area contributed by atoms with Gasteiger partial charge in [-0.05, 0) is 12.1 Å². The molecule has 0 aliphatic carbocycles. The molecule has 1 fully saturated rings. The fraction of sp³-hybridized carbons (Fsp3) is 0.211. The number of rotatable bonds is 2. The van der Waals surface area contributed by atoms with E-state index in [0.717, 1.165) is 0 Å².